The van der Waals surface area contributed by atoms with Gasteiger partial charge in [0.15, 0.2) is 0 Å². The van der Waals surface area contributed by atoms with Crippen LogP contribution in [0.5, 0.6) is 0 Å². The average Bonchev–Trinajstić information content (AvgIpc) is 3.74. The first-order chi connectivity index (χ1) is 30.2. The van der Waals surface area contributed by atoms with Crippen LogP contribution >= 0.6 is 46.9 Å². The highest BCUT2D eigenvalue weighted by Crippen LogP contribution is 2.62. The van der Waals surface area contributed by atoms with Crippen molar-refractivity contribution in [1.29, 1.82) is 0 Å². The van der Waals surface area contributed by atoms with Gasteiger partial charge in [-0.2, -0.15) is 0 Å². The Bertz CT molecular complexity index is 2520. The van der Waals surface area contributed by atoms with Gasteiger partial charge in [-0.1, -0.05) is 10.2 Å². The zero-order chi connectivity index (χ0) is 50.1. The fourth-order valence-corrected chi connectivity index (χ4v) is 11.0. The quantitative estimate of drug-likeness (QED) is 0.0384. The number of aryl methyl sites for hydroxylation is 2. The number of phosphoric ester groups is 2. The third kappa shape index (κ3) is 19.0. The number of azide groups is 2. The zero-order valence-electron chi connectivity index (χ0n) is 32.6. The van der Waals surface area contributed by atoms with Crippen molar-refractivity contribution in [2.45, 2.75) is 63.6 Å². The van der Waals surface area contributed by atoms with Crippen LogP contribution < -0.4 is 51.9 Å². The maximum Gasteiger partial charge on any atom is 0.330 e. The molecule has 372 valence electrons. The van der Waals surface area contributed by atoms with Gasteiger partial charge in [0.2, 0.25) is 0 Å². The minimum absolute atomic E-state index is 0.128. The number of aromatic amines is 2. The van der Waals surface area contributed by atoms with Crippen molar-refractivity contribution in [2.24, 2.45) is 10.2 Å². The Hall–Kier alpha value is -3.36. The van der Waals surface area contributed by atoms with Crippen LogP contribution in [0.1, 0.15) is 36.4 Å². The molecule has 2 saturated heterocycles. The van der Waals surface area contributed by atoms with Crippen molar-refractivity contribution >= 4 is 46.9 Å². The molecule has 2 aromatic heterocycles. The first-order valence-electron chi connectivity index (χ1n) is 16.9. The second kappa shape index (κ2) is 23.3. The van der Waals surface area contributed by atoms with Crippen LogP contribution in [0, 0.1) is 13.8 Å². The number of hydrogen-bond acceptors (Lipinski definition) is 28. The predicted octanol–water partition coefficient (Wildman–Crippen LogP) is -3.53. The number of H-pyrrole nitrogens is 2. The molecule has 38 nitrogen and oxygen atoms in total. The number of hydrogen-bond donors (Lipinski definition) is 4. The van der Waals surface area contributed by atoms with Crippen molar-refractivity contribution in [3.05, 3.63) is 86.1 Å². The molecule has 0 spiro atoms. The summed E-state index contributed by atoms with van der Waals surface area (Å²) in [7, 11) is -35.6. The second-order valence-corrected chi connectivity index (χ2v) is 21.0. The molecule has 0 saturated carbocycles. The number of phosphoric acid groups is 6. The summed E-state index contributed by atoms with van der Waals surface area (Å²) in [4.78, 5) is 140. The molecule has 66 heavy (non-hydrogen) atoms. The first kappa shape index (κ1) is 57.0. The molecule has 0 aliphatic carbocycles. The summed E-state index contributed by atoms with van der Waals surface area (Å²) >= 11 is 0. The number of aromatic nitrogens is 4. The highest BCUT2D eigenvalue weighted by Gasteiger charge is 2.40. The van der Waals surface area contributed by atoms with Crippen molar-refractivity contribution in [3.63, 3.8) is 0 Å². The number of nitrogens with one attached hydrogen (secondary N) is 2. The molecule has 4 heterocycles. The maximum atomic E-state index is 12.1. The molecule has 6 unspecified atom stereocenters. The molecule has 2 aromatic rings. The molecule has 0 aromatic carbocycles. The van der Waals surface area contributed by atoms with E-state index in [0.717, 1.165) is 9.13 Å². The van der Waals surface area contributed by atoms with E-state index in [1.54, 1.807) is 0 Å². The molecule has 0 radical (unpaired) electrons. The van der Waals surface area contributed by atoms with E-state index in [2.05, 4.69) is 46.3 Å². The van der Waals surface area contributed by atoms with Crippen LogP contribution in [0.4, 0.5) is 0 Å². The topological polar surface area (TPSA) is 581 Å². The molecule has 2 aliphatic heterocycles. The lowest BCUT2D eigenvalue weighted by Crippen LogP contribution is -2.33. The van der Waals surface area contributed by atoms with Crippen molar-refractivity contribution in [1.82, 2.24) is 19.1 Å². The van der Waals surface area contributed by atoms with E-state index in [-0.39, 0.29) is 24.0 Å². The van der Waals surface area contributed by atoms with Crippen LogP contribution in [0.15, 0.2) is 41.8 Å². The zero-order valence-corrected chi connectivity index (χ0v) is 38.0. The van der Waals surface area contributed by atoms with Gasteiger partial charge >= 0.3 is 11.4 Å². The Morgan fingerprint density at radius 2 is 0.985 bits per heavy atom. The lowest BCUT2D eigenvalue weighted by atomic mass is 10.2. The summed E-state index contributed by atoms with van der Waals surface area (Å²) in [6.45, 7) is -0.189. The maximum absolute atomic E-state index is 12.1. The standard InChI is InChI=1S/2C11H18N5O14P3/c2*1-6-3-16(11(18)14-10(6)17)9-2-7(26-5-13-15-12)8(28-9)4-27-32(22,23)30-33(24,25)29-31(19,20)21/h2*3,7-9H,2,4-5H2,1H3,(H,22,23)(H,24,25)(H,14,17,18)(H2,19,20,21)/p-6/t2*7-,8-,9-/m11/s1. The van der Waals surface area contributed by atoms with E-state index < -0.39 is 133 Å². The largest absolute Gasteiger partial charge is 0.756 e. The lowest BCUT2D eigenvalue weighted by molar-refractivity contribution is -0.254. The molecule has 0 bridgehead atoms. The van der Waals surface area contributed by atoms with Crippen molar-refractivity contribution < 1.29 is 112 Å². The Morgan fingerprint density at radius 1 is 0.652 bits per heavy atom. The molecule has 4 rings (SSSR count). The SMILES string of the molecule is Cc1cn([C@H]2C[C@@H](OCN=[N+]=[N-])[C@@H](COP(=O)([O-])OP(=O)([O-])OP(=O)([O-])O)O2)c(=O)[nH]c1=O.Cc1cn([C@H]2C[C@@H](OCN=[N+]=[N-])[C@@H](COP(=O)([O-])OP(=O)([O-])OP(=O)([O-])O)O2)c(=O)[nH]c1=O. The van der Waals surface area contributed by atoms with Gasteiger partial charge in [0.1, 0.15) is 38.1 Å². The highest BCUT2D eigenvalue weighted by atomic mass is 31.3. The molecule has 2 aliphatic rings. The van der Waals surface area contributed by atoms with Crippen LogP contribution in [0.3, 0.4) is 0 Å². The number of ether oxygens (including phenoxy) is 4. The van der Waals surface area contributed by atoms with E-state index >= 15 is 0 Å². The number of nitrogens with zero attached hydrogens (tertiary/aromatic N) is 8. The van der Waals surface area contributed by atoms with E-state index in [0.29, 0.717) is 0 Å². The fourth-order valence-electron chi connectivity index (χ4n) is 5.21. The van der Waals surface area contributed by atoms with Gasteiger partial charge in [0.05, 0.1) is 25.4 Å². The second-order valence-electron chi connectivity index (χ2n) is 12.5. The van der Waals surface area contributed by atoms with Gasteiger partial charge in [0.25, 0.3) is 58.1 Å². The lowest BCUT2D eigenvalue weighted by Gasteiger charge is -2.33. The summed E-state index contributed by atoms with van der Waals surface area (Å²) in [5.74, 6) is 0. The monoisotopic (exact) mass is 1070 g/mol. The van der Waals surface area contributed by atoms with Gasteiger partial charge in [-0.3, -0.25) is 56.1 Å². The Morgan fingerprint density at radius 3 is 1.29 bits per heavy atom. The summed E-state index contributed by atoms with van der Waals surface area (Å²) in [6, 6.07) is 0. The smallest absolute Gasteiger partial charge is 0.330 e. The number of rotatable bonds is 22. The Balaban J connectivity index is 0.000000350. The highest BCUT2D eigenvalue weighted by molar-refractivity contribution is 7.65. The molecule has 4 N–H and O–H groups in total. The molecular weight excluding hydrogens is 1040 g/mol. The van der Waals surface area contributed by atoms with Gasteiger partial charge in [0, 0.05) is 46.2 Å². The van der Waals surface area contributed by atoms with Crippen LogP contribution in [-0.2, 0) is 72.6 Å². The summed E-state index contributed by atoms with van der Waals surface area (Å²) in [6.07, 6.45) is -4.89. The van der Waals surface area contributed by atoms with Crippen molar-refractivity contribution in [3.8, 4) is 0 Å². The normalized spacial score (nSPS) is 26.0. The third-order valence-electron chi connectivity index (χ3n) is 7.69. The van der Waals surface area contributed by atoms with Crippen molar-refractivity contribution in [2.75, 3.05) is 26.7 Å². The van der Waals surface area contributed by atoms with Crippen LogP contribution in [0.25, 0.3) is 20.9 Å². The summed E-state index contributed by atoms with van der Waals surface area (Å²) in [5, 5.41) is 6.26. The van der Waals surface area contributed by atoms with E-state index in [1.165, 1.54) is 26.2 Å². The Labute approximate surface area is 364 Å². The van der Waals surface area contributed by atoms with Gasteiger partial charge in [-0.05, 0) is 24.9 Å². The molecular formula is C22H30N10O28P6-6. The van der Waals surface area contributed by atoms with E-state index in [1.807, 2.05) is 9.97 Å². The molecule has 0 amide bonds. The predicted molar refractivity (Wildman–Crippen MR) is 193 cm³/mol. The molecule has 44 heteroatoms. The van der Waals surface area contributed by atoms with E-state index in [9.17, 15) is 75.9 Å². The van der Waals surface area contributed by atoms with E-state index in [4.69, 9.17) is 39.8 Å². The molecule has 2 fully saturated rings. The van der Waals surface area contributed by atoms with Gasteiger partial charge < -0.3 is 67.1 Å². The van der Waals surface area contributed by atoms with Crippen LogP contribution in [-0.4, -0.2) is 80.0 Å². The average molecular weight is 1070 g/mol. The minimum Gasteiger partial charge on any atom is -0.756 e. The summed E-state index contributed by atoms with van der Waals surface area (Å²) < 4.78 is 112. The molecule has 12 atom stereocenters. The van der Waals surface area contributed by atoms with Gasteiger partial charge in [-0.15, -0.1) is 0 Å². The first-order valence-corrected chi connectivity index (χ1v) is 25.7. The summed E-state index contributed by atoms with van der Waals surface area (Å²) in [5.41, 5.74) is 14.0. The van der Waals surface area contributed by atoms with Crippen LogP contribution in [0.2, 0.25) is 0 Å². The Kier molecular flexibility index (Phi) is 20.1. The van der Waals surface area contributed by atoms with Gasteiger partial charge in [-0.25, -0.2) is 26.8 Å². The third-order valence-corrected chi connectivity index (χ3v) is 15.1. The minimum atomic E-state index is -6.09. The fraction of sp³-hybridized carbons (Fsp3) is 0.636.